The van der Waals surface area contributed by atoms with Gasteiger partial charge in [0.25, 0.3) is 0 Å². The standard InChI is InChI=1S/C24H17NO.6C2H6/c1-3-10-18(11-4-1)25(19-12-5-2-6-13-19)21-15-9-17-23-24(21)20-14-7-8-16-22(20)26-23;6*1-2/h1-17H;6*1-2H3. The minimum atomic E-state index is 0.903. The normalized spacial score (nSPS) is 8.53. The SMILES string of the molecule is CC.CC.CC.CC.CC.CC.c1ccc(N(c2ccccc2)c2cccc3oc4ccccc4c23)cc1. The number of rotatable bonds is 3. The van der Waals surface area contributed by atoms with Crippen LogP contribution in [0.15, 0.2) is 108 Å². The first-order valence-corrected chi connectivity index (χ1v) is 14.7. The Hall–Kier alpha value is -3.52. The molecule has 0 N–H and O–H groups in total. The molecule has 4 aromatic carbocycles. The molecular weight excluding hydrogens is 462 g/mol. The third kappa shape index (κ3) is 9.74. The zero-order chi connectivity index (χ0) is 29.3. The summed E-state index contributed by atoms with van der Waals surface area (Å²) < 4.78 is 6.09. The summed E-state index contributed by atoms with van der Waals surface area (Å²) in [5.74, 6) is 0. The van der Waals surface area contributed by atoms with E-state index in [-0.39, 0.29) is 0 Å². The summed E-state index contributed by atoms with van der Waals surface area (Å²) in [6.07, 6.45) is 0. The molecule has 2 nitrogen and oxygen atoms in total. The first-order valence-electron chi connectivity index (χ1n) is 14.7. The summed E-state index contributed by atoms with van der Waals surface area (Å²) in [4.78, 5) is 2.28. The van der Waals surface area contributed by atoms with Crippen molar-refractivity contribution in [3.05, 3.63) is 103 Å². The van der Waals surface area contributed by atoms with E-state index in [4.69, 9.17) is 4.42 Å². The minimum absolute atomic E-state index is 0.903. The van der Waals surface area contributed by atoms with Crippen LogP contribution in [0.2, 0.25) is 0 Å². The largest absolute Gasteiger partial charge is 0.456 e. The van der Waals surface area contributed by atoms with Crippen LogP contribution in [0, 0.1) is 0 Å². The second kappa shape index (κ2) is 23.9. The Bertz CT molecular complexity index is 1140. The predicted octanol–water partition coefficient (Wildman–Crippen LogP) is 13.2. The minimum Gasteiger partial charge on any atom is -0.456 e. The van der Waals surface area contributed by atoms with Gasteiger partial charge in [-0.15, -0.1) is 0 Å². The summed E-state index contributed by atoms with van der Waals surface area (Å²) in [5, 5.41) is 2.27. The molecule has 0 aliphatic carbocycles. The number of hydrogen-bond donors (Lipinski definition) is 0. The molecule has 5 aromatic rings. The highest BCUT2D eigenvalue weighted by molar-refractivity contribution is 6.13. The van der Waals surface area contributed by atoms with Gasteiger partial charge in [-0.3, -0.25) is 0 Å². The molecule has 1 aromatic heterocycles. The molecule has 2 heteroatoms. The quantitative estimate of drug-likeness (QED) is 0.237. The molecule has 0 saturated heterocycles. The molecule has 0 bridgehead atoms. The molecular formula is C36H53NO. The van der Waals surface area contributed by atoms with E-state index in [0.717, 1.165) is 39.0 Å². The summed E-state index contributed by atoms with van der Waals surface area (Å²) in [6, 6.07) is 35.4. The van der Waals surface area contributed by atoms with Gasteiger partial charge < -0.3 is 9.32 Å². The highest BCUT2D eigenvalue weighted by atomic mass is 16.3. The van der Waals surface area contributed by atoms with Crippen LogP contribution < -0.4 is 4.90 Å². The van der Waals surface area contributed by atoms with Crippen LogP contribution in [0.25, 0.3) is 21.9 Å². The molecule has 0 aliphatic rings. The second-order valence-corrected chi connectivity index (χ2v) is 6.26. The lowest BCUT2D eigenvalue weighted by Gasteiger charge is -2.26. The number of anilines is 3. The van der Waals surface area contributed by atoms with Crippen molar-refractivity contribution in [2.24, 2.45) is 0 Å². The molecule has 38 heavy (non-hydrogen) atoms. The Labute approximate surface area is 234 Å². The van der Waals surface area contributed by atoms with Gasteiger partial charge in [-0.05, 0) is 42.5 Å². The topological polar surface area (TPSA) is 16.4 Å². The fourth-order valence-electron chi connectivity index (χ4n) is 3.52. The van der Waals surface area contributed by atoms with Crippen LogP contribution in [0.4, 0.5) is 17.1 Å². The zero-order valence-electron chi connectivity index (χ0n) is 26.2. The van der Waals surface area contributed by atoms with Crippen molar-refractivity contribution >= 4 is 39.0 Å². The van der Waals surface area contributed by atoms with Gasteiger partial charge in [-0.1, -0.05) is 144 Å². The molecule has 0 amide bonds. The molecule has 0 fully saturated rings. The molecule has 0 aliphatic heterocycles. The van der Waals surface area contributed by atoms with E-state index in [9.17, 15) is 0 Å². The molecule has 5 rings (SSSR count). The van der Waals surface area contributed by atoms with Crippen LogP contribution >= 0.6 is 0 Å². The number of hydrogen-bond acceptors (Lipinski definition) is 2. The molecule has 0 unspecified atom stereocenters. The Morgan fingerprint density at radius 1 is 0.395 bits per heavy atom. The lowest BCUT2D eigenvalue weighted by Crippen LogP contribution is -2.09. The van der Waals surface area contributed by atoms with E-state index < -0.39 is 0 Å². The van der Waals surface area contributed by atoms with Gasteiger partial charge >= 0.3 is 0 Å². The van der Waals surface area contributed by atoms with Crippen LogP contribution in [0.3, 0.4) is 0 Å². The first kappa shape index (κ1) is 36.6. The molecule has 0 atom stereocenters. The summed E-state index contributed by atoms with van der Waals surface area (Å²) in [7, 11) is 0. The van der Waals surface area contributed by atoms with Crippen LogP contribution in [0.1, 0.15) is 83.1 Å². The Balaban J connectivity index is 0. The lowest BCUT2D eigenvalue weighted by atomic mass is 10.1. The van der Waals surface area contributed by atoms with E-state index in [2.05, 4.69) is 77.7 Å². The smallest absolute Gasteiger partial charge is 0.137 e. The molecule has 0 saturated carbocycles. The molecule has 1 heterocycles. The monoisotopic (exact) mass is 515 g/mol. The van der Waals surface area contributed by atoms with E-state index in [1.807, 2.05) is 113 Å². The summed E-state index contributed by atoms with van der Waals surface area (Å²) >= 11 is 0. The Morgan fingerprint density at radius 3 is 1.26 bits per heavy atom. The van der Waals surface area contributed by atoms with Gasteiger partial charge in [0, 0.05) is 16.8 Å². The fraction of sp³-hybridized carbons (Fsp3) is 0.333. The lowest BCUT2D eigenvalue weighted by molar-refractivity contribution is 0.669. The Kier molecular flexibility index (Phi) is 23.0. The van der Waals surface area contributed by atoms with Crippen molar-refractivity contribution in [1.29, 1.82) is 0 Å². The number of fused-ring (bicyclic) bond motifs is 3. The van der Waals surface area contributed by atoms with E-state index in [0.29, 0.717) is 0 Å². The number of nitrogens with zero attached hydrogens (tertiary/aromatic N) is 1. The maximum absolute atomic E-state index is 6.09. The van der Waals surface area contributed by atoms with Gasteiger partial charge in [0.05, 0.1) is 11.1 Å². The third-order valence-electron chi connectivity index (χ3n) is 4.65. The van der Waals surface area contributed by atoms with Gasteiger partial charge in [0.15, 0.2) is 0 Å². The average molecular weight is 516 g/mol. The van der Waals surface area contributed by atoms with Crippen molar-refractivity contribution in [3.63, 3.8) is 0 Å². The van der Waals surface area contributed by atoms with Crippen LogP contribution in [-0.4, -0.2) is 0 Å². The van der Waals surface area contributed by atoms with E-state index >= 15 is 0 Å². The second-order valence-electron chi connectivity index (χ2n) is 6.26. The van der Waals surface area contributed by atoms with Crippen LogP contribution in [0.5, 0.6) is 0 Å². The number of benzene rings is 4. The van der Waals surface area contributed by atoms with Crippen LogP contribution in [-0.2, 0) is 0 Å². The first-order chi connectivity index (χ1) is 18.9. The summed E-state index contributed by atoms with van der Waals surface area (Å²) in [5.41, 5.74) is 5.18. The molecule has 0 spiro atoms. The van der Waals surface area contributed by atoms with Crippen molar-refractivity contribution in [1.82, 2.24) is 0 Å². The van der Waals surface area contributed by atoms with Gasteiger partial charge in [-0.2, -0.15) is 0 Å². The fourth-order valence-corrected chi connectivity index (χ4v) is 3.52. The highest BCUT2D eigenvalue weighted by Crippen LogP contribution is 2.42. The van der Waals surface area contributed by atoms with Gasteiger partial charge in [0.1, 0.15) is 11.2 Å². The third-order valence-corrected chi connectivity index (χ3v) is 4.65. The van der Waals surface area contributed by atoms with Crippen molar-refractivity contribution in [2.75, 3.05) is 4.90 Å². The van der Waals surface area contributed by atoms with E-state index in [1.165, 1.54) is 0 Å². The molecule has 0 radical (unpaired) electrons. The van der Waals surface area contributed by atoms with Crippen molar-refractivity contribution < 1.29 is 4.42 Å². The molecule has 208 valence electrons. The highest BCUT2D eigenvalue weighted by Gasteiger charge is 2.18. The van der Waals surface area contributed by atoms with E-state index in [1.54, 1.807) is 0 Å². The van der Waals surface area contributed by atoms with Crippen molar-refractivity contribution in [2.45, 2.75) is 83.1 Å². The zero-order valence-corrected chi connectivity index (χ0v) is 26.2. The predicted molar refractivity (Wildman–Crippen MR) is 176 cm³/mol. The Morgan fingerprint density at radius 2 is 0.789 bits per heavy atom. The van der Waals surface area contributed by atoms with Gasteiger partial charge in [0.2, 0.25) is 0 Å². The maximum atomic E-state index is 6.09. The van der Waals surface area contributed by atoms with Gasteiger partial charge in [-0.25, -0.2) is 0 Å². The average Bonchev–Trinajstić information content (AvgIpc) is 3.44. The summed E-state index contributed by atoms with van der Waals surface area (Å²) in [6.45, 7) is 24.0. The number of para-hydroxylation sites is 3. The maximum Gasteiger partial charge on any atom is 0.137 e. The van der Waals surface area contributed by atoms with Crippen molar-refractivity contribution in [3.8, 4) is 0 Å². The number of furan rings is 1.